The Bertz CT molecular complexity index is 1320. The Hall–Kier alpha value is -3.05. The number of hydrogen-bond acceptors (Lipinski definition) is 7. The largest absolute Gasteiger partial charge is 0.480 e. The Morgan fingerprint density at radius 3 is 2.94 bits per heavy atom. The smallest absolute Gasteiger partial charge is 0.263 e. The monoisotopic (exact) mass is 501 g/mol. The molecule has 1 saturated heterocycles. The normalized spacial score (nSPS) is 18.2. The number of pyridine rings is 2. The molecule has 2 N–H and O–H groups in total. The summed E-state index contributed by atoms with van der Waals surface area (Å²) in [5, 5.41) is 7.28. The number of rotatable bonds is 7. The van der Waals surface area contributed by atoms with Gasteiger partial charge in [0.05, 0.1) is 28.9 Å². The molecule has 1 aromatic carbocycles. The van der Waals surface area contributed by atoms with E-state index in [1.807, 2.05) is 0 Å². The molecule has 1 fully saturated rings. The standard InChI is InChI=1S/C24H25ClFN5O4/c25-18-10-21-24(29-22(32)14-35-21)28-19(18)12-27-11-17-13-30(7-8-34-17)5-6-31-20-9-16(26)3-1-15(20)2-4-23(31)33/h1-4,9-10,17,27H,5-8,11-14H2,(H,28,29,32)/t17-/m0/s1. The number of hydrogen-bond donors (Lipinski definition) is 2. The van der Waals surface area contributed by atoms with E-state index < -0.39 is 0 Å². The fourth-order valence-electron chi connectivity index (χ4n) is 4.34. The Labute approximate surface area is 205 Å². The Balaban J connectivity index is 1.16. The number of amides is 1. The first-order chi connectivity index (χ1) is 17.0. The number of aromatic nitrogens is 2. The van der Waals surface area contributed by atoms with Crippen LogP contribution in [0.3, 0.4) is 0 Å². The molecule has 4 heterocycles. The summed E-state index contributed by atoms with van der Waals surface area (Å²) in [5.41, 5.74) is 1.05. The second kappa shape index (κ2) is 10.3. The Morgan fingerprint density at radius 2 is 2.06 bits per heavy atom. The van der Waals surface area contributed by atoms with Gasteiger partial charge in [-0.05, 0) is 29.7 Å². The number of carbonyl (C=O) groups excluding carboxylic acids is 1. The minimum atomic E-state index is -0.363. The van der Waals surface area contributed by atoms with Crippen LogP contribution in [0.15, 0.2) is 41.2 Å². The van der Waals surface area contributed by atoms with E-state index in [4.69, 9.17) is 21.1 Å². The highest BCUT2D eigenvalue weighted by Gasteiger charge is 2.22. The van der Waals surface area contributed by atoms with E-state index in [2.05, 4.69) is 20.5 Å². The van der Waals surface area contributed by atoms with Gasteiger partial charge < -0.3 is 24.7 Å². The van der Waals surface area contributed by atoms with Gasteiger partial charge in [0.25, 0.3) is 11.5 Å². The van der Waals surface area contributed by atoms with Crippen LogP contribution in [0.2, 0.25) is 5.02 Å². The second-order valence-corrected chi connectivity index (χ2v) is 8.96. The van der Waals surface area contributed by atoms with Crippen LogP contribution in [-0.2, 0) is 22.6 Å². The number of fused-ring (bicyclic) bond motifs is 2. The number of benzene rings is 1. The third kappa shape index (κ3) is 5.46. The summed E-state index contributed by atoms with van der Waals surface area (Å²) in [6, 6.07) is 9.37. The first kappa shape index (κ1) is 23.7. The second-order valence-electron chi connectivity index (χ2n) is 8.55. The maximum Gasteiger partial charge on any atom is 0.263 e. The van der Waals surface area contributed by atoms with Crippen molar-refractivity contribution in [1.29, 1.82) is 0 Å². The Morgan fingerprint density at radius 1 is 1.20 bits per heavy atom. The van der Waals surface area contributed by atoms with Gasteiger partial charge in [-0.3, -0.25) is 14.5 Å². The van der Waals surface area contributed by atoms with Crippen molar-refractivity contribution in [3.05, 3.63) is 63.3 Å². The van der Waals surface area contributed by atoms with E-state index in [1.54, 1.807) is 22.8 Å². The molecule has 5 rings (SSSR count). The van der Waals surface area contributed by atoms with Crippen LogP contribution in [-0.4, -0.2) is 65.9 Å². The van der Waals surface area contributed by atoms with Gasteiger partial charge in [-0.25, -0.2) is 9.37 Å². The van der Waals surface area contributed by atoms with E-state index in [0.29, 0.717) is 67.1 Å². The number of carbonyl (C=O) groups is 1. The molecule has 2 aliphatic heterocycles. The van der Waals surface area contributed by atoms with Gasteiger partial charge in [-0.15, -0.1) is 0 Å². The van der Waals surface area contributed by atoms with Crippen molar-refractivity contribution in [2.24, 2.45) is 0 Å². The third-order valence-corrected chi connectivity index (χ3v) is 6.44. The molecule has 0 bridgehead atoms. The van der Waals surface area contributed by atoms with E-state index in [0.717, 1.165) is 11.9 Å². The zero-order chi connectivity index (χ0) is 24.4. The number of anilines is 1. The van der Waals surface area contributed by atoms with Crippen LogP contribution in [0.25, 0.3) is 10.9 Å². The third-order valence-electron chi connectivity index (χ3n) is 6.11. The van der Waals surface area contributed by atoms with Gasteiger partial charge in [0.2, 0.25) is 0 Å². The van der Waals surface area contributed by atoms with Crippen LogP contribution < -0.4 is 20.9 Å². The van der Waals surface area contributed by atoms with Crippen LogP contribution in [0, 0.1) is 5.82 Å². The molecule has 0 spiro atoms. The molecular weight excluding hydrogens is 477 g/mol. The van der Waals surface area contributed by atoms with Gasteiger partial charge in [0.1, 0.15) is 5.82 Å². The maximum absolute atomic E-state index is 13.8. The van der Waals surface area contributed by atoms with E-state index in [9.17, 15) is 14.0 Å². The maximum atomic E-state index is 13.8. The molecule has 0 aliphatic carbocycles. The zero-order valence-corrected chi connectivity index (χ0v) is 19.7. The van der Waals surface area contributed by atoms with Crippen LogP contribution >= 0.6 is 11.6 Å². The lowest BCUT2D eigenvalue weighted by Gasteiger charge is -2.33. The minimum Gasteiger partial charge on any atom is -0.480 e. The number of nitrogens with one attached hydrogen (secondary N) is 2. The van der Waals surface area contributed by atoms with Crippen molar-refractivity contribution < 1.29 is 18.7 Å². The number of halogens is 2. The SMILES string of the molecule is O=C1COc2cc(Cl)c(CNC[C@H]3CN(CCn4c(=O)ccc5ccc(F)cc54)CCO3)nc2N1. The highest BCUT2D eigenvalue weighted by atomic mass is 35.5. The van der Waals surface area contributed by atoms with E-state index in [1.165, 1.54) is 18.2 Å². The van der Waals surface area contributed by atoms with Crippen LogP contribution in [0.5, 0.6) is 5.75 Å². The molecule has 35 heavy (non-hydrogen) atoms. The van der Waals surface area contributed by atoms with E-state index >= 15 is 0 Å². The number of nitrogens with zero attached hydrogens (tertiary/aromatic N) is 3. The lowest BCUT2D eigenvalue weighted by Crippen LogP contribution is -2.47. The van der Waals surface area contributed by atoms with Crippen molar-refractivity contribution in [3.8, 4) is 5.75 Å². The topological polar surface area (TPSA) is 97.7 Å². The van der Waals surface area contributed by atoms with Gasteiger partial charge in [0, 0.05) is 51.4 Å². The molecule has 1 amide bonds. The van der Waals surface area contributed by atoms with Gasteiger partial charge in [-0.2, -0.15) is 0 Å². The summed E-state index contributed by atoms with van der Waals surface area (Å²) in [7, 11) is 0. The molecule has 184 valence electrons. The Kier molecular flexibility index (Phi) is 6.96. The summed E-state index contributed by atoms with van der Waals surface area (Å²) >= 11 is 6.32. The predicted octanol–water partition coefficient (Wildman–Crippen LogP) is 2.01. The van der Waals surface area contributed by atoms with Gasteiger partial charge >= 0.3 is 0 Å². The molecule has 2 aromatic heterocycles. The van der Waals surface area contributed by atoms with Gasteiger partial charge in [-0.1, -0.05) is 11.6 Å². The van der Waals surface area contributed by atoms with Gasteiger partial charge in [0.15, 0.2) is 18.2 Å². The molecule has 2 aliphatic rings. The molecule has 0 unspecified atom stereocenters. The molecule has 1 atom stereocenters. The lowest BCUT2D eigenvalue weighted by molar-refractivity contribution is -0.118. The molecule has 0 saturated carbocycles. The zero-order valence-electron chi connectivity index (χ0n) is 18.9. The minimum absolute atomic E-state index is 0.0510. The average molecular weight is 502 g/mol. The molecule has 3 aromatic rings. The summed E-state index contributed by atoms with van der Waals surface area (Å²) in [5.74, 6) is 0.208. The first-order valence-corrected chi connectivity index (χ1v) is 11.8. The highest BCUT2D eigenvalue weighted by Crippen LogP contribution is 2.30. The summed E-state index contributed by atoms with van der Waals surface area (Å²) in [6.07, 6.45) is -0.0510. The summed E-state index contributed by atoms with van der Waals surface area (Å²) < 4.78 is 26.6. The first-order valence-electron chi connectivity index (χ1n) is 11.4. The average Bonchev–Trinajstić information content (AvgIpc) is 2.84. The van der Waals surface area contributed by atoms with Crippen LogP contribution in [0.1, 0.15) is 5.69 Å². The number of morpholine rings is 1. The predicted molar refractivity (Wildman–Crippen MR) is 129 cm³/mol. The van der Waals surface area contributed by atoms with Crippen LogP contribution in [0.4, 0.5) is 10.2 Å². The molecule has 11 heteroatoms. The van der Waals surface area contributed by atoms with Crippen molar-refractivity contribution in [2.75, 3.05) is 44.7 Å². The van der Waals surface area contributed by atoms with Crippen molar-refractivity contribution in [1.82, 2.24) is 19.8 Å². The summed E-state index contributed by atoms with van der Waals surface area (Å²) in [6.45, 7) is 4.05. The van der Waals surface area contributed by atoms with Crippen molar-refractivity contribution >= 4 is 34.2 Å². The van der Waals surface area contributed by atoms with Crippen molar-refractivity contribution in [2.45, 2.75) is 19.2 Å². The quantitative estimate of drug-likeness (QED) is 0.511. The fraction of sp³-hybridized carbons (Fsp3) is 0.375. The molecule has 9 nitrogen and oxygen atoms in total. The summed E-state index contributed by atoms with van der Waals surface area (Å²) in [4.78, 5) is 30.6. The fourth-order valence-corrected chi connectivity index (χ4v) is 4.55. The number of ether oxygens (including phenoxy) is 2. The van der Waals surface area contributed by atoms with Crippen molar-refractivity contribution in [3.63, 3.8) is 0 Å². The van der Waals surface area contributed by atoms with E-state index in [-0.39, 0.29) is 30.0 Å². The molecular formula is C24H25ClFN5O4. The molecule has 0 radical (unpaired) electrons. The lowest BCUT2D eigenvalue weighted by atomic mass is 10.2. The highest BCUT2D eigenvalue weighted by molar-refractivity contribution is 6.31.